The van der Waals surface area contributed by atoms with Crippen molar-refractivity contribution >= 4 is 5.91 Å². The minimum absolute atomic E-state index is 0.0323. The van der Waals surface area contributed by atoms with Crippen molar-refractivity contribution in [2.75, 3.05) is 13.6 Å². The maximum absolute atomic E-state index is 12.8. The number of nitrogens with zero attached hydrogens (tertiary/aromatic N) is 1. The predicted molar refractivity (Wildman–Crippen MR) is 81.4 cm³/mol. The van der Waals surface area contributed by atoms with Gasteiger partial charge >= 0.3 is 0 Å². The van der Waals surface area contributed by atoms with E-state index in [4.69, 9.17) is 0 Å². The van der Waals surface area contributed by atoms with Gasteiger partial charge in [-0.25, -0.2) is 0 Å². The smallest absolute Gasteiger partial charge is 0.240 e. The maximum atomic E-state index is 12.8. The third-order valence-electron chi connectivity index (χ3n) is 6.23. The summed E-state index contributed by atoms with van der Waals surface area (Å²) in [5, 5.41) is 3.23. The van der Waals surface area contributed by atoms with Gasteiger partial charge < -0.3 is 10.2 Å². The van der Waals surface area contributed by atoms with Crippen LogP contribution in [-0.2, 0) is 4.79 Å². The second kappa shape index (κ2) is 5.32. The standard InChI is InChI=1S/C17H30N2O/c1-17(2)8-4-5-15(18-3)16(20)19(17)11-14-10-12-6-7-13(14)9-12/h12-15,18H,4-11H2,1-3H3. The summed E-state index contributed by atoms with van der Waals surface area (Å²) in [6.07, 6.45) is 8.93. The number of carbonyl (C=O) groups is 1. The second-order valence-electron chi connectivity index (χ2n) is 7.93. The molecule has 3 fully saturated rings. The van der Waals surface area contributed by atoms with E-state index in [1.165, 1.54) is 25.7 Å². The van der Waals surface area contributed by atoms with E-state index in [0.717, 1.165) is 43.6 Å². The van der Waals surface area contributed by atoms with Gasteiger partial charge in [-0.15, -0.1) is 0 Å². The maximum Gasteiger partial charge on any atom is 0.240 e. The van der Waals surface area contributed by atoms with E-state index in [2.05, 4.69) is 24.1 Å². The highest BCUT2D eigenvalue weighted by Crippen LogP contribution is 2.49. The zero-order valence-electron chi connectivity index (χ0n) is 13.3. The van der Waals surface area contributed by atoms with E-state index >= 15 is 0 Å². The molecule has 1 N–H and O–H groups in total. The molecule has 3 nitrogen and oxygen atoms in total. The van der Waals surface area contributed by atoms with Crippen molar-refractivity contribution in [1.29, 1.82) is 0 Å². The molecule has 114 valence electrons. The first kappa shape index (κ1) is 14.4. The van der Waals surface area contributed by atoms with Crippen molar-refractivity contribution in [1.82, 2.24) is 10.2 Å². The van der Waals surface area contributed by atoms with Crippen molar-refractivity contribution in [2.45, 2.75) is 70.4 Å². The lowest BCUT2D eigenvalue weighted by molar-refractivity contribution is -0.139. The third-order valence-corrected chi connectivity index (χ3v) is 6.23. The minimum Gasteiger partial charge on any atom is -0.336 e. The quantitative estimate of drug-likeness (QED) is 0.861. The van der Waals surface area contributed by atoms with Crippen molar-refractivity contribution < 1.29 is 4.79 Å². The van der Waals surface area contributed by atoms with Crippen LogP contribution in [0.3, 0.4) is 0 Å². The molecule has 2 bridgehead atoms. The average Bonchev–Trinajstić information content (AvgIpc) is 2.99. The Hall–Kier alpha value is -0.570. The molecule has 20 heavy (non-hydrogen) atoms. The van der Waals surface area contributed by atoms with Gasteiger partial charge in [0.1, 0.15) is 0 Å². The molecule has 2 saturated carbocycles. The third kappa shape index (κ3) is 2.49. The van der Waals surface area contributed by atoms with Gasteiger partial charge in [-0.05, 0) is 77.2 Å². The summed E-state index contributed by atoms with van der Waals surface area (Å²) in [7, 11) is 1.93. The summed E-state index contributed by atoms with van der Waals surface area (Å²) in [5.41, 5.74) is 0.0323. The molecular formula is C17H30N2O. The van der Waals surface area contributed by atoms with Gasteiger partial charge in [0.05, 0.1) is 6.04 Å². The highest BCUT2D eigenvalue weighted by atomic mass is 16.2. The van der Waals surface area contributed by atoms with Gasteiger partial charge in [-0.1, -0.05) is 6.42 Å². The Morgan fingerprint density at radius 1 is 1.25 bits per heavy atom. The molecule has 1 aliphatic heterocycles. The van der Waals surface area contributed by atoms with E-state index in [9.17, 15) is 4.79 Å². The van der Waals surface area contributed by atoms with Crippen LogP contribution < -0.4 is 5.32 Å². The Morgan fingerprint density at radius 2 is 2.05 bits per heavy atom. The SMILES string of the molecule is CNC1CCCC(C)(C)N(CC2CC3CCC2C3)C1=O. The molecule has 3 aliphatic rings. The normalized spacial score (nSPS) is 40.1. The molecule has 0 radical (unpaired) electrons. The van der Waals surface area contributed by atoms with E-state index in [1.807, 2.05) is 7.05 Å². The fraction of sp³-hybridized carbons (Fsp3) is 0.941. The molecule has 3 rings (SSSR count). The largest absolute Gasteiger partial charge is 0.336 e. The van der Waals surface area contributed by atoms with Gasteiger partial charge in [0, 0.05) is 12.1 Å². The first-order valence-corrected chi connectivity index (χ1v) is 8.50. The Balaban J connectivity index is 1.74. The molecule has 0 spiro atoms. The lowest BCUT2D eigenvalue weighted by Crippen LogP contribution is -2.54. The fourth-order valence-corrected chi connectivity index (χ4v) is 4.92. The van der Waals surface area contributed by atoms with Gasteiger partial charge in [-0.2, -0.15) is 0 Å². The van der Waals surface area contributed by atoms with Crippen LogP contribution in [0.2, 0.25) is 0 Å². The molecule has 1 amide bonds. The Bertz CT molecular complexity index is 379. The van der Waals surface area contributed by atoms with E-state index in [1.54, 1.807) is 0 Å². The zero-order valence-corrected chi connectivity index (χ0v) is 13.3. The van der Waals surface area contributed by atoms with Crippen molar-refractivity contribution in [3.63, 3.8) is 0 Å². The van der Waals surface area contributed by atoms with Crippen molar-refractivity contribution in [2.24, 2.45) is 17.8 Å². The number of carbonyl (C=O) groups excluding carboxylic acids is 1. The van der Waals surface area contributed by atoms with Crippen molar-refractivity contribution in [3.8, 4) is 0 Å². The Kier molecular flexibility index (Phi) is 3.83. The summed E-state index contributed by atoms with van der Waals surface area (Å²) >= 11 is 0. The van der Waals surface area contributed by atoms with Crippen LogP contribution in [0.4, 0.5) is 0 Å². The first-order valence-electron chi connectivity index (χ1n) is 8.50. The minimum atomic E-state index is 0.0323. The lowest BCUT2D eigenvalue weighted by Gasteiger charge is -2.41. The summed E-state index contributed by atoms with van der Waals surface area (Å²) in [6.45, 7) is 5.53. The molecule has 0 aromatic heterocycles. The van der Waals surface area contributed by atoms with Crippen LogP contribution >= 0.6 is 0 Å². The van der Waals surface area contributed by atoms with Crippen LogP contribution in [0.5, 0.6) is 0 Å². The monoisotopic (exact) mass is 278 g/mol. The number of rotatable bonds is 3. The van der Waals surface area contributed by atoms with Crippen LogP contribution in [0, 0.1) is 17.8 Å². The number of hydrogen-bond donors (Lipinski definition) is 1. The number of likely N-dealkylation sites (tertiary alicyclic amines) is 1. The molecule has 4 unspecified atom stereocenters. The predicted octanol–water partition coefficient (Wildman–Crippen LogP) is 2.80. The summed E-state index contributed by atoms with van der Waals surface area (Å²) in [4.78, 5) is 15.1. The van der Waals surface area contributed by atoms with Gasteiger partial charge in [0.15, 0.2) is 0 Å². The highest BCUT2D eigenvalue weighted by molar-refractivity contribution is 5.83. The Morgan fingerprint density at radius 3 is 2.65 bits per heavy atom. The number of nitrogens with one attached hydrogen (secondary N) is 1. The number of fused-ring (bicyclic) bond motifs is 2. The van der Waals surface area contributed by atoms with Crippen LogP contribution in [0.15, 0.2) is 0 Å². The van der Waals surface area contributed by atoms with Gasteiger partial charge in [0.25, 0.3) is 0 Å². The van der Waals surface area contributed by atoms with E-state index < -0.39 is 0 Å². The number of hydrogen-bond acceptors (Lipinski definition) is 2. The number of amides is 1. The molecule has 4 atom stereocenters. The van der Waals surface area contributed by atoms with E-state index in [0.29, 0.717) is 5.91 Å². The topological polar surface area (TPSA) is 32.3 Å². The lowest BCUT2D eigenvalue weighted by atomic mass is 9.86. The molecule has 2 aliphatic carbocycles. The fourth-order valence-electron chi connectivity index (χ4n) is 4.92. The van der Waals surface area contributed by atoms with Crippen LogP contribution in [0.25, 0.3) is 0 Å². The van der Waals surface area contributed by atoms with Crippen LogP contribution in [0.1, 0.15) is 58.8 Å². The summed E-state index contributed by atoms with van der Waals surface area (Å²) in [6, 6.07) is 0.0374. The Labute approximate surface area is 123 Å². The van der Waals surface area contributed by atoms with Crippen molar-refractivity contribution in [3.05, 3.63) is 0 Å². The molecule has 3 heteroatoms. The van der Waals surface area contributed by atoms with Gasteiger partial charge in [0.2, 0.25) is 5.91 Å². The molecule has 1 saturated heterocycles. The number of likely N-dealkylation sites (N-methyl/N-ethyl adjacent to an activating group) is 1. The summed E-state index contributed by atoms with van der Waals surface area (Å²) in [5.74, 6) is 2.99. The molecule has 1 heterocycles. The molecular weight excluding hydrogens is 248 g/mol. The highest BCUT2D eigenvalue weighted by Gasteiger charge is 2.44. The molecule has 0 aromatic carbocycles. The van der Waals surface area contributed by atoms with Gasteiger partial charge in [-0.3, -0.25) is 4.79 Å². The molecule has 0 aromatic rings. The zero-order chi connectivity index (χ0) is 14.3. The van der Waals surface area contributed by atoms with E-state index in [-0.39, 0.29) is 11.6 Å². The average molecular weight is 278 g/mol. The second-order valence-corrected chi connectivity index (χ2v) is 7.93. The summed E-state index contributed by atoms with van der Waals surface area (Å²) < 4.78 is 0. The van der Waals surface area contributed by atoms with Crippen LogP contribution in [-0.4, -0.2) is 36.0 Å². The first-order chi connectivity index (χ1) is 9.51.